The molecule has 11 heteroatoms. The van der Waals surface area contributed by atoms with Crippen LogP contribution in [-0.4, -0.2) is 50.6 Å². The summed E-state index contributed by atoms with van der Waals surface area (Å²) >= 11 is 0. The standard InChI is InChI=1S/C20H27F3N2O5S/c1-3-4-13-31(28,29)25-11-9-14(10-12-25)18(26)24-17(19(27)30-2)15-7-5-6-8-16(15)20(21,22)23/h5-8,14,17H,3-4,9-13H2,1-2H3,(H,24,26)/t17-/m1/s1. The number of halogens is 3. The first-order valence-electron chi connectivity index (χ1n) is 10.0. The molecule has 0 radical (unpaired) electrons. The van der Waals surface area contributed by atoms with Gasteiger partial charge in [0.25, 0.3) is 0 Å². The molecule has 0 aliphatic carbocycles. The molecule has 1 aliphatic rings. The first-order valence-corrected chi connectivity index (χ1v) is 11.6. The molecule has 1 aliphatic heterocycles. The monoisotopic (exact) mass is 464 g/mol. The highest BCUT2D eigenvalue weighted by Gasteiger charge is 2.39. The van der Waals surface area contributed by atoms with E-state index in [0.29, 0.717) is 6.42 Å². The van der Waals surface area contributed by atoms with Gasteiger partial charge in [-0.05, 0) is 30.9 Å². The Kier molecular flexibility index (Phi) is 8.47. The van der Waals surface area contributed by atoms with Gasteiger partial charge >= 0.3 is 12.1 Å². The summed E-state index contributed by atoms with van der Waals surface area (Å²) < 4.78 is 70.7. The molecule has 0 saturated carbocycles. The summed E-state index contributed by atoms with van der Waals surface area (Å²) in [4.78, 5) is 24.9. The minimum Gasteiger partial charge on any atom is -0.467 e. The van der Waals surface area contributed by atoms with E-state index >= 15 is 0 Å². The van der Waals surface area contributed by atoms with Crippen molar-refractivity contribution in [2.75, 3.05) is 26.0 Å². The molecule has 1 atom stereocenters. The van der Waals surface area contributed by atoms with Gasteiger partial charge in [-0.15, -0.1) is 0 Å². The lowest BCUT2D eigenvalue weighted by Crippen LogP contribution is -2.45. The summed E-state index contributed by atoms with van der Waals surface area (Å²) in [5, 5.41) is 2.37. The van der Waals surface area contributed by atoms with Gasteiger partial charge in [0.2, 0.25) is 15.9 Å². The van der Waals surface area contributed by atoms with Crippen molar-refractivity contribution in [1.29, 1.82) is 0 Å². The average molecular weight is 465 g/mol. The molecule has 1 saturated heterocycles. The van der Waals surface area contributed by atoms with E-state index in [-0.39, 0.29) is 31.7 Å². The summed E-state index contributed by atoms with van der Waals surface area (Å²) in [6.45, 7) is 2.18. The van der Waals surface area contributed by atoms with E-state index in [1.165, 1.54) is 16.4 Å². The number of amides is 1. The van der Waals surface area contributed by atoms with Crippen molar-refractivity contribution < 1.29 is 35.9 Å². The van der Waals surface area contributed by atoms with Crippen LogP contribution in [0.1, 0.15) is 49.8 Å². The Morgan fingerprint density at radius 1 is 1.23 bits per heavy atom. The molecule has 2 rings (SSSR count). The van der Waals surface area contributed by atoms with Crippen molar-refractivity contribution in [3.05, 3.63) is 35.4 Å². The number of sulfonamides is 1. The van der Waals surface area contributed by atoms with Crippen LogP contribution in [0.4, 0.5) is 13.2 Å². The summed E-state index contributed by atoms with van der Waals surface area (Å²) in [6, 6.07) is 2.86. The van der Waals surface area contributed by atoms with Gasteiger partial charge in [-0.25, -0.2) is 17.5 Å². The van der Waals surface area contributed by atoms with E-state index in [0.717, 1.165) is 25.7 Å². The fourth-order valence-corrected chi connectivity index (χ4v) is 5.18. The predicted octanol–water partition coefficient (Wildman–Crippen LogP) is 2.88. The summed E-state index contributed by atoms with van der Waals surface area (Å²) in [5.41, 5.74) is -1.45. The number of piperidine rings is 1. The molecular weight excluding hydrogens is 437 g/mol. The molecule has 1 amide bonds. The zero-order valence-electron chi connectivity index (χ0n) is 17.4. The van der Waals surface area contributed by atoms with E-state index in [9.17, 15) is 31.2 Å². The molecule has 0 aromatic heterocycles. The summed E-state index contributed by atoms with van der Waals surface area (Å²) in [7, 11) is -2.37. The SMILES string of the molecule is CCCCS(=O)(=O)N1CCC(C(=O)N[C@@H](C(=O)OC)c2ccccc2C(F)(F)F)CC1. The Morgan fingerprint density at radius 2 is 1.84 bits per heavy atom. The molecule has 1 aromatic carbocycles. The molecule has 0 spiro atoms. The number of alkyl halides is 3. The number of rotatable bonds is 8. The summed E-state index contributed by atoms with van der Waals surface area (Å²) in [6.07, 6.45) is -3.00. The molecule has 1 aromatic rings. The number of hydrogen-bond donors (Lipinski definition) is 1. The Balaban J connectivity index is 2.13. The normalized spacial score (nSPS) is 17.2. The van der Waals surface area contributed by atoms with E-state index in [2.05, 4.69) is 10.1 Å². The van der Waals surface area contributed by atoms with Crippen LogP contribution in [0.15, 0.2) is 24.3 Å². The molecule has 1 fully saturated rings. The topological polar surface area (TPSA) is 92.8 Å². The van der Waals surface area contributed by atoms with Crippen molar-refractivity contribution >= 4 is 21.9 Å². The van der Waals surface area contributed by atoms with Gasteiger partial charge in [0.15, 0.2) is 6.04 Å². The second kappa shape index (κ2) is 10.4. The number of hydrogen-bond acceptors (Lipinski definition) is 5. The zero-order valence-corrected chi connectivity index (χ0v) is 18.3. The number of unbranched alkanes of at least 4 members (excludes halogenated alkanes) is 1. The van der Waals surface area contributed by atoms with Crippen molar-refractivity contribution in [2.24, 2.45) is 5.92 Å². The molecule has 0 bridgehead atoms. The first kappa shape index (κ1) is 25.1. The highest BCUT2D eigenvalue weighted by Crippen LogP contribution is 2.35. The third-order valence-corrected chi connectivity index (χ3v) is 7.23. The first-order chi connectivity index (χ1) is 14.5. The second-order valence-electron chi connectivity index (χ2n) is 7.39. The number of carbonyl (C=O) groups is 2. The van der Waals surface area contributed by atoms with Crippen LogP contribution in [0.3, 0.4) is 0 Å². The van der Waals surface area contributed by atoms with Gasteiger partial charge in [0.1, 0.15) is 0 Å². The number of nitrogens with zero attached hydrogens (tertiary/aromatic N) is 1. The molecule has 0 unspecified atom stereocenters. The minimum absolute atomic E-state index is 0.0407. The van der Waals surface area contributed by atoms with Crippen LogP contribution >= 0.6 is 0 Å². The molecular formula is C20H27F3N2O5S. The quantitative estimate of drug-likeness (QED) is 0.598. The smallest absolute Gasteiger partial charge is 0.416 e. The van der Waals surface area contributed by atoms with Gasteiger partial charge in [0, 0.05) is 19.0 Å². The van der Waals surface area contributed by atoms with Crippen molar-refractivity contribution in [2.45, 2.75) is 44.8 Å². The maximum atomic E-state index is 13.4. The maximum absolute atomic E-state index is 13.4. The maximum Gasteiger partial charge on any atom is 0.416 e. The molecule has 7 nitrogen and oxygen atoms in total. The number of benzene rings is 1. The number of esters is 1. The average Bonchev–Trinajstić information content (AvgIpc) is 2.75. The van der Waals surface area contributed by atoms with E-state index in [1.807, 2.05) is 6.92 Å². The zero-order chi connectivity index (χ0) is 23.2. The molecule has 31 heavy (non-hydrogen) atoms. The van der Waals surface area contributed by atoms with Crippen LogP contribution in [0.25, 0.3) is 0 Å². The lowest BCUT2D eigenvalue weighted by Gasteiger charge is -2.31. The van der Waals surface area contributed by atoms with Crippen molar-refractivity contribution in [1.82, 2.24) is 9.62 Å². The molecule has 1 N–H and O–H groups in total. The lowest BCUT2D eigenvalue weighted by molar-refractivity contribution is -0.147. The van der Waals surface area contributed by atoms with Crippen LogP contribution in [0.2, 0.25) is 0 Å². The van der Waals surface area contributed by atoms with Gasteiger partial charge < -0.3 is 10.1 Å². The number of methoxy groups -OCH3 is 1. The van der Waals surface area contributed by atoms with E-state index in [1.54, 1.807) is 0 Å². The minimum atomic E-state index is -4.72. The van der Waals surface area contributed by atoms with E-state index in [4.69, 9.17) is 0 Å². The number of nitrogens with one attached hydrogen (secondary N) is 1. The van der Waals surface area contributed by atoms with E-state index < -0.39 is 51.2 Å². The van der Waals surface area contributed by atoms with Gasteiger partial charge in [-0.1, -0.05) is 31.5 Å². The molecule has 174 valence electrons. The van der Waals surface area contributed by atoms with Crippen LogP contribution in [0.5, 0.6) is 0 Å². The Morgan fingerprint density at radius 3 is 2.39 bits per heavy atom. The molecule has 1 heterocycles. The fraction of sp³-hybridized carbons (Fsp3) is 0.600. The Hall–Kier alpha value is -2.14. The Bertz CT molecular complexity index is 881. The van der Waals surface area contributed by atoms with Gasteiger partial charge in [-0.2, -0.15) is 13.2 Å². The van der Waals surface area contributed by atoms with Gasteiger partial charge in [0.05, 0.1) is 18.4 Å². The largest absolute Gasteiger partial charge is 0.467 e. The lowest BCUT2D eigenvalue weighted by atomic mass is 9.95. The van der Waals surface area contributed by atoms with Crippen molar-refractivity contribution in [3.8, 4) is 0 Å². The van der Waals surface area contributed by atoms with Crippen molar-refractivity contribution in [3.63, 3.8) is 0 Å². The third kappa shape index (κ3) is 6.42. The number of carbonyl (C=O) groups excluding carboxylic acids is 2. The summed E-state index contributed by atoms with van der Waals surface area (Å²) in [5.74, 6) is -2.22. The number of ether oxygens (including phenoxy) is 1. The van der Waals surface area contributed by atoms with Crippen LogP contribution < -0.4 is 5.32 Å². The van der Waals surface area contributed by atoms with Crippen LogP contribution in [-0.2, 0) is 30.5 Å². The third-order valence-electron chi connectivity index (χ3n) is 5.27. The Labute approximate surface area is 180 Å². The van der Waals surface area contributed by atoms with Gasteiger partial charge in [-0.3, -0.25) is 4.79 Å². The predicted molar refractivity (Wildman–Crippen MR) is 107 cm³/mol. The van der Waals surface area contributed by atoms with Crippen LogP contribution in [0, 0.1) is 5.92 Å². The highest BCUT2D eigenvalue weighted by molar-refractivity contribution is 7.89. The second-order valence-corrected chi connectivity index (χ2v) is 9.48. The highest BCUT2D eigenvalue weighted by atomic mass is 32.2. The fourth-order valence-electron chi connectivity index (χ4n) is 3.50.